The highest BCUT2D eigenvalue weighted by Gasteiger charge is 2.54. The molecule has 3 fully saturated rings. The largest absolute Gasteiger partial charge is 0.598 e. The third kappa shape index (κ3) is 5.07. The Bertz CT molecular complexity index is 1040. The maximum Gasteiger partial charge on any atom is 0.303 e. The van der Waals surface area contributed by atoms with E-state index in [9.17, 15) is 14.1 Å². The van der Waals surface area contributed by atoms with E-state index < -0.39 is 29.5 Å². The van der Waals surface area contributed by atoms with Crippen LogP contribution in [-0.4, -0.2) is 51.8 Å². The van der Waals surface area contributed by atoms with Crippen molar-refractivity contribution in [3.63, 3.8) is 0 Å². The molecule has 1 amide bonds. The van der Waals surface area contributed by atoms with Crippen molar-refractivity contribution in [2.24, 2.45) is 5.92 Å². The predicted octanol–water partition coefficient (Wildman–Crippen LogP) is 3.94. The molecule has 4 atom stereocenters. The number of nitrogens with zero attached hydrogens (tertiary/aromatic N) is 1. The fourth-order valence-corrected chi connectivity index (χ4v) is 6.60. The summed E-state index contributed by atoms with van der Waals surface area (Å²) in [5.74, 6) is -0.955. The van der Waals surface area contributed by atoms with Crippen LogP contribution < -0.4 is 4.72 Å². The van der Waals surface area contributed by atoms with Crippen LogP contribution in [0, 0.1) is 11.7 Å². The smallest absolute Gasteiger partial charge is 0.303 e. The highest BCUT2D eigenvalue weighted by atomic mass is 35.5. The number of hydrogen-bond acceptors (Lipinski definition) is 6. The second-order valence-corrected chi connectivity index (χ2v) is 11.4. The number of thiophene rings is 1. The van der Waals surface area contributed by atoms with Gasteiger partial charge in [-0.25, -0.2) is 4.39 Å². The van der Waals surface area contributed by atoms with Gasteiger partial charge in [-0.05, 0) is 49.3 Å². The van der Waals surface area contributed by atoms with Gasteiger partial charge in [0.2, 0.25) is 0 Å². The Kier molecular flexibility index (Phi) is 7.35. The lowest BCUT2D eigenvalue weighted by Crippen LogP contribution is -2.71. The molecule has 6 nitrogen and oxygen atoms in total. The lowest BCUT2D eigenvalue weighted by atomic mass is 9.66. The van der Waals surface area contributed by atoms with Crippen LogP contribution in [0.3, 0.4) is 0 Å². The molecule has 178 valence electrons. The summed E-state index contributed by atoms with van der Waals surface area (Å²) >= 11 is 6.08. The van der Waals surface area contributed by atoms with Crippen LogP contribution >= 0.6 is 22.9 Å². The minimum Gasteiger partial charge on any atom is -0.598 e. The minimum atomic E-state index is -1.30. The second-order valence-electron chi connectivity index (χ2n) is 8.67. The van der Waals surface area contributed by atoms with Crippen LogP contribution in [-0.2, 0) is 32.1 Å². The van der Waals surface area contributed by atoms with Gasteiger partial charge in [0.25, 0.3) is 5.91 Å². The van der Waals surface area contributed by atoms with Gasteiger partial charge in [0, 0.05) is 35.3 Å². The van der Waals surface area contributed by atoms with Crippen molar-refractivity contribution in [2.75, 3.05) is 6.26 Å². The molecule has 1 aromatic heterocycles. The van der Waals surface area contributed by atoms with E-state index in [0.717, 1.165) is 12.8 Å². The Labute approximate surface area is 204 Å². The third-order valence-electron chi connectivity index (χ3n) is 6.46. The summed E-state index contributed by atoms with van der Waals surface area (Å²) < 4.78 is 36.5. The molecule has 1 saturated carbocycles. The molecule has 3 aliphatic rings. The Morgan fingerprint density at radius 1 is 1.42 bits per heavy atom. The number of fused-ring (bicyclic) bond motifs is 2. The van der Waals surface area contributed by atoms with E-state index in [-0.39, 0.29) is 36.1 Å². The maximum absolute atomic E-state index is 15.6. The lowest BCUT2D eigenvalue weighted by Gasteiger charge is -2.57. The van der Waals surface area contributed by atoms with Gasteiger partial charge in [0.15, 0.2) is 6.10 Å². The number of rotatable bonds is 7. The van der Waals surface area contributed by atoms with Crippen LogP contribution in [0.1, 0.15) is 32.3 Å². The first-order valence-corrected chi connectivity index (χ1v) is 13.6. The number of halogens is 2. The molecule has 1 unspecified atom stereocenters. The fourth-order valence-electron chi connectivity index (χ4n) is 4.99. The van der Waals surface area contributed by atoms with Crippen molar-refractivity contribution < 1.29 is 23.3 Å². The molecule has 1 N–H and O–H groups in total. The van der Waals surface area contributed by atoms with Crippen LogP contribution in [0.5, 0.6) is 0 Å². The number of carbonyl (C=O) groups excluding carboxylic acids is 2. The molecule has 0 spiro atoms. The molecule has 2 saturated heterocycles. The number of hydrogen-bond donors (Lipinski definition) is 1. The van der Waals surface area contributed by atoms with E-state index in [4.69, 9.17) is 16.3 Å². The molecule has 0 radical (unpaired) electrons. The molecule has 2 aromatic rings. The van der Waals surface area contributed by atoms with Gasteiger partial charge in [-0.3, -0.25) is 9.59 Å². The van der Waals surface area contributed by atoms with E-state index in [1.54, 1.807) is 42.3 Å². The van der Waals surface area contributed by atoms with Crippen molar-refractivity contribution in [1.29, 1.82) is 0 Å². The highest BCUT2D eigenvalue weighted by Crippen LogP contribution is 2.45. The first-order valence-electron chi connectivity index (χ1n) is 10.8. The molecule has 2 bridgehead atoms. The maximum atomic E-state index is 15.6. The van der Waals surface area contributed by atoms with Gasteiger partial charge >= 0.3 is 5.97 Å². The van der Waals surface area contributed by atoms with Crippen LogP contribution in [0.25, 0.3) is 11.1 Å². The number of amides is 1. The zero-order chi connectivity index (χ0) is 23.9. The molecule has 10 heteroatoms. The van der Waals surface area contributed by atoms with E-state index in [2.05, 4.69) is 4.72 Å². The quantitative estimate of drug-likeness (QED) is 0.449. The van der Waals surface area contributed by atoms with E-state index in [0.29, 0.717) is 21.0 Å². The standard InChI is InChI=1S/C23H26ClFN2O4S2/c1-12(31-13(2)28)23(29)27-17-7-15(8-17)22(26-33(3)30)19(27)9-14-5-4-6-18(21(14)25)16-10-20(24)32-11-16/h4-6,10-12,15,17,19,22,26H,7-9H2,1-3H3/t12-,15?,17?,19+,22+,33?/m1/s1. The van der Waals surface area contributed by atoms with E-state index in [1.165, 1.54) is 18.3 Å². The van der Waals surface area contributed by atoms with Crippen molar-refractivity contribution in [1.82, 2.24) is 9.62 Å². The zero-order valence-corrected chi connectivity index (χ0v) is 20.9. The highest BCUT2D eigenvalue weighted by molar-refractivity contribution is 7.88. The Morgan fingerprint density at radius 3 is 2.76 bits per heavy atom. The van der Waals surface area contributed by atoms with Crippen molar-refractivity contribution >= 4 is 46.2 Å². The first-order chi connectivity index (χ1) is 15.7. The van der Waals surface area contributed by atoms with E-state index in [1.807, 2.05) is 5.38 Å². The summed E-state index contributed by atoms with van der Waals surface area (Å²) in [5.41, 5.74) is 1.62. The van der Waals surface area contributed by atoms with Gasteiger partial charge in [0.1, 0.15) is 12.1 Å². The molecule has 2 aliphatic heterocycles. The zero-order valence-electron chi connectivity index (χ0n) is 18.5. The molecule has 3 heterocycles. The van der Waals surface area contributed by atoms with Crippen molar-refractivity contribution in [3.8, 4) is 11.1 Å². The fraction of sp³-hybridized carbons (Fsp3) is 0.478. The summed E-state index contributed by atoms with van der Waals surface area (Å²) in [6.45, 7) is 2.81. The van der Waals surface area contributed by atoms with Gasteiger partial charge in [0.05, 0.1) is 16.4 Å². The number of nitrogens with one attached hydrogen (secondary N) is 1. The second kappa shape index (κ2) is 9.92. The number of esters is 1. The summed E-state index contributed by atoms with van der Waals surface area (Å²) in [4.78, 5) is 26.5. The first kappa shape index (κ1) is 24.5. The summed E-state index contributed by atoms with van der Waals surface area (Å²) in [6, 6.07) is 6.25. The van der Waals surface area contributed by atoms with Crippen LogP contribution in [0.4, 0.5) is 4.39 Å². The Balaban J connectivity index is 1.67. The van der Waals surface area contributed by atoms with Gasteiger partial charge in [-0.2, -0.15) is 0 Å². The summed E-state index contributed by atoms with van der Waals surface area (Å²) in [5, 5.41) is 1.81. The molecular weight excluding hydrogens is 487 g/mol. The van der Waals surface area contributed by atoms with Crippen molar-refractivity contribution in [2.45, 2.75) is 57.3 Å². The average molecular weight is 513 g/mol. The summed E-state index contributed by atoms with van der Waals surface area (Å²) in [6.07, 6.45) is 2.41. The third-order valence-corrected chi connectivity index (χ3v) is 8.15. The number of ether oxygens (including phenoxy) is 1. The van der Waals surface area contributed by atoms with Gasteiger partial charge < -0.3 is 14.2 Å². The van der Waals surface area contributed by atoms with Gasteiger partial charge in [-0.1, -0.05) is 29.8 Å². The van der Waals surface area contributed by atoms with Crippen LogP contribution in [0.2, 0.25) is 4.34 Å². The Morgan fingerprint density at radius 2 is 2.15 bits per heavy atom. The average Bonchev–Trinajstić information content (AvgIpc) is 3.14. The SMILES string of the molecule is CC(=O)O[C@H](C)C(=O)N1C2CC(C2)[C@H](N[S+](C)[O-])[C@@H]1Cc1cccc(-c2csc(Cl)c2)c1F. The van der Waals surface area contributed by atoms with Gasteiger partial charge in [-0.15, -0.1) is 16.1 Å². The molecule has 1 aliphatic carbocycles. The minimum absolute atomic E-state index is 0.00391. The lowest BCUT2D eigenvalue weighted by molar-refractivity contribution is -0.168. The Hall–Kier alpha value is -1.65. The topological polar surface area (TPSA) is 81.7 Å². The predicted molar refractivity (Wildman–Crippen MR) is 128 cm³/mol. The number of benzene rings is 1. The normalized spacial score (nSPS) is 25.8. The van der Waals surface area contributed by atoms with E-state index >= 15 is 4.39 Å². The van der Waals surface area contributed by atoms with Crippen LogP contribution in [0.15, 0.2) is 29.6 Å². The van der Waals surface area contributed by atoms with Crippen molar-refractivity contribution in [3.05, 3.63) is 45.4 Å². The molecule has 33 heavy (non-hydrogen) atoms. The molecular formula is C23H26ClFN2O4S2. The monoisotopic (exact) mass is 512 g/mol. The number of carbonyl (C=O) groups is 2. The molecule has 1 aromatic carbocycles. The summed E-state index contributed by atoms with van der Waals surface area (Å²) in [7, 11) is 0. The number of piperidine rings is 2. The molecule has 5 rings (SSSR count).